The molecule has 6 heteroatoms. The molecule has 0 spiro atoms. The molecule has 5 nitrogen and oxygen atoms in total. The summed E-state index contributed by atoms with van der Waals surface area (Å²) >= 11 is 5.97. The molecule has 156 valence electrons. The normalized spacial score (nSPS) is 17.2. The zero-order valence-electron chi connectivity index (χ0n) is 16.9. The lowest BCUT2D eigenvalue weighted by Gasteiger charge is -2.27. The van der Waals surface area contributed by atoms with E-state index in [4.69, 9.17) is 16.3 Å². The Morgan fingerprint density at radius 2 is 1.73 bits per heavy atom. The fourth-order valence-corrected chi connectivity index (χ4v) is 4.04. The smallest absolute Gasteiger partial charge is 0.267 e. The minimum Gasteiger partial charge on any atom is -0.483 e. The third-order valence-electron chi connectivity index (χ3n) is 5.63. The number of amides is 2. The van der Waals surface area contributed by atoms with Gasteiger partial charge in [-0.05, 0) is 61.2 Å². The number of unbranched alkanes of at least 4 members (excludes halogenated alkanes) is 1. The van der Waals surface area contributed by atoms with Crippen LogP contribution >= 0.6 is 11.6 Å². The van der Waals surface area contributed by atoms with Gasteiger partial charge in [-0.15, -0.1) is 0 Å². The van der Waals surface area contributed by atoms with Gasteiger partial charge in [-0.1, -0.05) is 41.9 Å². The van der Waals surface area contributed by atoms with Gasteiger partial charge in [0.25, 0.3) is 11.8 Å². The van der Waals surface area contributed by atoms with Gasteiger partial charge in [0.2, 0.25) is 0 Å². The number of carbonyl (C=O) groups excluding carboxylic acids is 2. The zero-order valence-corrected chi connectivity index (χ0v) is 17.6. The highest BCUT2D eigenvalue weighted by Gasteiger charge is 2.28. The first-order valence-corrected chi connectivity index (χ1v) is 10.7. The molecular weight excluding hydrogens is 400 g/mol. The Morgan fingerprint density at radius 1 is 0.967 bits per heavy atom. The molecule has 2 aromatic carbocycles. The molecular formula is C24H25ClN2O3. The summed E-state index contributed by atoms with van der Waals surface area (Å²) in [5.74, 6) is -0.0544. The molecule has 2 aliphatic rings. The molecule has 0 bridgehead atoms. The van der Waals surface area contributed by atoms with Crippen molar-refractivity contribution in [2.24, 2.45) is 0 Å². The van der Waals surface area contributed by atoms with Crippen LogP contribution in [-0.2, 0) is 4.79 Å². The van der Waals surface area contributed by atoms with E-state index in [1.165, 1.54) is 16.0 Å². The molecule has 2 aromatic rings. The first-order chi connectivity index (χ1) is 14.6. The predicted octanol–water partition coefficient (Wildman–Crippen LogP) is 4.27. The maximum atomic E-state index is 12.7. The van der Waals surface area contributed by atoms with E-state index in [9.17, 15) is 9.59 Å². The number of ether oxygens (including phenoxy) is 1. The number of rotatable bonds is 6. The van der Waals surface area contributed by atoms with E-state index in [-0.39, 0.29) is 18.4 Å². The van der Waals surface area contributed by atoms with Crippen LogP contribution in [0.1, 0.15) is 35.2 Å². The lowest BCUT2D eigenvalue weighted by molar-refractivity contribution is -0.130. The zero-order chi connectivity index (χ0) is 20.9. The van der Waals surface area contributed by atoms with E-state index in [2.05, 4.69) is 23.1 Å². The first-order valence-electron chi connectivity index (χ1n) is 10.4. The van der Waals surface area contributed by atoms with E-state index < -0.39 is 0 Å². The standard InChI is InChI=1S/C24H25ClN2O3/c25-20-9-7-18(8-10-20)19-11-15-26(16-12-19)13-3-4-14-27-23(28)17-30-22-6-2-1-5-21(22)24(27)29/h1-2,5-11H,3-4,12-17H2. The van der Waals surface area contributed by atoms with E-state index in [0.29, 0.717) is 17.9 Å². The van der Waals surface area contributed by atoms with Crippen LogP contribution in [0.25, 0.3) is 5.57 Å². The molecule has 0 atom stereocenters. The summed E-state index contributed by atoms with van der Waals surface area (Å²) in [4.78, 5) is 28.8. The highest BCUT2D eigenvalue weighted by atomic mass is 35.5. The number of nitrogens with zero attached hydrogens (tertiary/aromatic N) is 2. The molecule has 0 fully saturated rings. The SMILES string of the molecule is O=C1COc2ccccc2C(=O)N1CCCCN1CC=C(c2ccc(Cl)cc2)CC1. The van der Waals surface area contributed by atoms with Crippen molar-refractivity contribution in [1.82, 2.24) is 9.80 Å². The van der Waals surface area contributed by atoms with Crippen LogP contribution < -0.4 is 4.74 Å². The van der Waals surface area contributed by atoms with Gasteiger partial charge in [0, 0.05) is 24.7 Å². The number of para-hydroxylation sites is 1. The molecule has 0 aliphatic carbocycles. The second-order valence-corrected chi connectivity index (χ2v) is 8.07. The summed E-state index contributed by atoms with van der Waals surface area (Å²) in [6.45, 7) is 3.22. The van der Waals surface area contributed by atoms with Gasteiger partial charge in [-0.3, -0.25) is 19.4 Å². The van der Waals surface area contributed by atoms with E-state index in [1.54, 1.807) is 24.3 Å². The summed E-state index contributed by atoms with van der Waals surface area (Å²) in [6.07, 6.45) is 5.01. The van der Waals surface area contributed by atoms with E-state index in [1.807, 2.05) is 12.1 Å². The Kier molecular flexibility index (Phi) is 6.50. The fraction of sp³-hybridized carbons (Fsp3) is 0.333. The number of benzene rings is 2. The summed E-state index contributed by atoms with van der Waals surface area (Å²) in [5.41, 5.74) is 3.06. The topological polar surface area (TPSA) is 49.9 Å². The number of hydrogen-bond donors (Lipinski definition) is 0. The molecule has 2 heterocycles. The molecule has 0 saturated heterocycles. The van der Waals surface area contributed by atoms with Crippen LogP contribution in [0.3, 0.4) is 0 Å². The van der Waals surface area contributed by atoms with Crippen LogP contribution in [0, 0.1) is 0 Å². The molecule has 0 aromatic heterocycles. The second-order valence-electron chi connectivity index (χ2n) is 7.63. The third kappa shape index (κ3) is 4.74. The number of imide groups is 1. The van der Waals surface area contributed by atoms with E-state index >= 15 is 0 Å². The van der Waals surface area contributed by atoms with Crippen LogP contribution in [0.5, 0.6) is 5.75 Å². The van der Waals surface area contributed by atoms with Crippen molar-refractivity contribution in [1.29, 1.82) is 0 Å². The average molecular weight is 425 g/mol. The molecule has 2 amide bonds. The quantitative estimate of drug-likeness (QED) is 0.513. The summed E-state index contributed by atoms with van der Waals surface area (Å²) < 4.78 is 5.48. The third-order valence-corrected chi connectivity index (χ3v) is 5.88. The Bertz CT molecular complexity index is 955. The maximum absolute atomic E-state index is 12.7. The average Bonchev–Trinajstić information content (AvgIpc) is 2.89. The molecule has 30 heavy (non-hydrogen) atoms. The number of halogens is 1. The molecule has 0 N–H and O–H groups in total. The van der Waals surface area contributed by atoms with Crippen molar-refractivity contribution in [3.63, 3.8) is 0 Å². The van der Waals surface area contributed by atoms with Crippen molar-refractivity contribution in [2.45, 2.75) is 19.3 Å². The Hall–Kier alpha value is -2.63. The van der Waals surface area contributed by atoms with Gasteiger partial charge in [0.05, 0.1) is 5.56 Å². The van der Waals surface area contributed by atoms with Gasteiger partial charge in [0.15, 0.2) is 6.61 Å². The van der Waals surface area contributed by atoms with Crippen molar-refractivity contribution in [2.75, 3.05) is 32.8 Å². The van der Waals surface area contributed by atoms with Crippen LogP contribution in [-0.4, -0.2) is 54.4 Å². The number of carbonyl (C=O) groups is 2. The lowest BCUT2D eigenvalue weighted by atomic mass is 9.99. The Balaban J connectivity index is 1.26. The summed E-state index contributed by atoms with van der Waals surface area (Å²) in [5, 5.41) is 0.758. The van der Waals surface area contributed by atoms with Crippen molar-refractivity contribution in [3.8, 4) is 5.75 Å². The highest BCUT2D eigenvalue weighted by Crippen LogP contribution is 2.25. The van der Waals surface area contributed by atoms with Gasteiger partial charge in [-0.25, -0.2) is 0 Å². The number of fused-ring (bicyclic) bond motifs is 1. The molecule has 0 saturated carbocycles. The molecule has 0 unspecified atom stereocenters. The summed E-state index contributed by atoms with van der Waals surface area (Å²) in [7, 11) is 0. The molecule has 0 radical (unpaired) electrons. The van der Waals surface area contributed by atoms with Gasteiger partial charge < -0.3 is 4.74 Å². The highest BCUT2D eigenvalue weighted by molar-refractivity contribution is 6.30. The minimum atomic E-state index is -0.273. The molecule has 2 aliphatic heterocycles. The van der Waals surface area contributed by atoms with Crippen molar-refractivity contribution < 1.29 is 14.3 Å². The molecule has 4 rings (SSSR count). The maximum Gasteiger partial charge on any atom is 0.267 e. The fourth-order valence-electron chi connectivity index (χ4n) is 3.92. The van der Waals surface area contributed by atoms with Gasteiger partial charge >= 0.3 is 0 Å². The van der Waals surface area contributed by atoms with Gasteiger partial charge in [-0.2, -0.15) is 0 Å². The monoisotopic (exact) mass is 424 g/mol. The van der Waals surface area contributed by atoms with E-state index in [0.717, 1.165) is 43.9 Å². The van der Waals surface area contributed by atoms with Crippen molar-refractivity contribution in [3.05, 3.63) is 70.8 Å². The van der Waals surface area contributed by atoms with Crippen LogP contribution in [0.4, 0.5) is 0 Å². The largest absolute Gasteiger partial charge is 0.483 e. The Labute approximate surface area is 181 Å². The Morgan fingerprint density at radius 3 is 2.50 bits per heavy atom. The van der Waals surface area contributed by atoms with Gasteiger partial charge in [0.1, 0.15) is 5.75 Å². The van der Waals surface area contributed by atoms with Crippen molar-refractivity contribution >= 4 is 29.0 Å². The first kappa shape index (κ1) is 20.6. The predicted molar refractivity (Wildman–Crippen MR) is 118 cm³/mol. The number of hydrogen-bond acceptors (Lipinski definition) is 4. The van der Waals surface area contributed by atoms with Crippen LogP contribution in [0.2, 0.25) is 5.02 Å². The minimum absolute atomic E-state index is 0.0901. The second kappa shape index (κ2) is 9.45. The van der Waals surface area contributed by atoms with Crippen LogP contribution in [0.15, 0.2) is 54.6 Å². The summed E-state index contributed by atoms with van der Waals surface area (Å²) in [6, 6.07) is 15.0. The lowest BCUT2D eigenvalue weighted by Crippen LogP contribution is -2.39.